The van der Waals surface area contributed by atoms with Crippen LogP contribution >= 0.6 is 0 Å². The summed E-state index contributed by atoms with van der Waals surface area (Å²) in [5.74, 6) is 1.50. The number of benzene rings is 1. The molecule has 0 radical (unpaired) electrons. The second-order valence-corrected chi connectivity index (χ2v) is 6.18. The van der Waals surface area contributed by atoms with Crippen molar-refractivity contribution in [3.63, 3.8) is 0 Å². The number of ether oxygens (including phenoxy) is 1. The minimum Gasteiger partial charge on any atom is -0.491 e. The molecule has 4 nitrogen and oxygen atoms in total. The number of hydrogen-bond donors (Lipinski definition) is 2. The molecule has 1 aromatic rings. The summed E-state index contributed by atoms with van der Waals surface area (Å²) in [5, 5.41) is 6.31. The SMILES string of the molecule is CC(C)Oc1cccc(C(C)NC(=O)C(C)C2CNC2)c1. The third-order valence-electron chi connectivity index (χ3n) is 4.02. The molecule has 2 atom stereocenters. The Bertz CT molecular complexity index is 483. The summed E-state index contributed by atoms with van der Waals surface area (Å²) in [4.78, 5) is 12.3. The van der Waals surface area contributed by atoms with E-state index in [1.54, 1.807) is 0 Å². The van der Waals surface area contributed by atoms with E-state index in [1.807, 2.05) is 52.0 Å². The molecule has 0 aromatic heterocycles. The van der Waals surface area contributed by atoms with Crippen LogP contribution in [-0.4, -0.2) is 25.1 Å². The van der Waals surface area contributed by atoms with E-state index in [0.29, 0.717) is 5.92 Å². The lowest BCUT2D eigenvalue weighted by atomic mass is 9.88. The summed E-state index contributed by atoms with van der Waals surface area (Å²) in [6.45, 7) is 9.92. The average molecular weight is 290 g/mol. The summed E-state index contributed by atoms with van der Waals surface area (Å²) >= 11 is 0. The molecule has 21 heavy (non-hydrogen) atoms. The molecule has 0 aliphatic carbocycles. The molecule has 0 bridgehead atoms. The molecule has 1 fully saturated rings. The lowest BCUT2D eigenvalue weighted by Crippen LogP contribution is -2.49. The van der Waals surface area contributed by atoms with Crippen molar-refractivity contribution >= 4 is 5.91 Å². The fraction of sp³-hybridized carbons (Fsp3) is 0.588. The molecule has 2 N–H and O–H groups in total. The first-order valence-electron chi connectivity index (χ1n) is 7.75. The molecule has 0 spiro atoms. The van der Waals surface area contributed by atoms with Crippen LogP contribution in [-0.2, 0) is 4.79 Å². The van der Waals surface area contributed by atoms with E-state index in [1.165, 1.54) is 0 Å². The molecule has 1 aromatic carbocycles. The van der Waals surface area contributed by atoms with Crippen LogP contribution in [0.4, 0.5) is 0 Å². The third kappa shape index (κ3) is 4.21. The number of carbonyl (C=O) groups is 1. The third-order valence-corrected chi connectivity index (χ3v) is 4.02. The van der Waals surface area contributed by atoms with Crippen molar-refractivity contribution in [1.29, 1.82) is 0 Å². The van der Waals surface area contributed by atoms with Crippen LogP contribution in [0.1, 0.15) is 39.3 Å². The van der Waals surface area contributed by atoms with Gasteiger partial charge in [-0.05, 0) is 57.5 Å². The zero-order chi connectivity index (χ0) is 15.4. The van der Waals surface area contributed by atoms with Crippen LogP contribution in [0.3, 0.4) is 0 Å². The summed E-state index contributed by atoms with van der Waals surface area (Å²) in [6, 6.07) is 7.92. The fourth-order valence-electron chi connectivity index (χ4n) is 2.44. The van der Waals surface area contributed by atoms with E-state index < -0.39 is 0 Å². The van der Waals surface area contributed by atoms with Gasteiger partial charge in [0.25, 0.3) is 0 Å². The van der Waals surface area contributed by atoms with Crippen molar-refractivity contribution in [3.8, 4) is 5.75 Å². The maximum absolute atomic E-state index is 12.3. The van der Waals surface area contributed by atoms with Gasteiger partial charge in [-0.3, -0.25) is 4.79 Å². The number of rotatable bonds is 6. The minimum absolute atomic E-state index is 0.0105. The van der Waals surface area contributed by atoms with E-state index in [0.717, 1.165) is 24.4 Å². The molecule has 2 rings (SSSR count). The van der Waals surface area contributed by atoms with E-state index >= 15 is 0 Å². The first-order chi connectivity index (χ1) is 9.97. The van der Waals surface area contributed by atoms with Crippen LogP contribution in [0.2, 0.25) is 0 Å². The van der Waals surface area contributed by atoms with Gasteiger partial charge in [0.1, 0.15) is 5.75 Å². The summed E-state index contributed by atoms with van der Waals surface area (Å²) in [6.07, 6.45) is 0.149. The highest BCUT2D eigenvalue weighted by Gasteiger charge is 2.29. The van der Waals surface area contributed by atoms with Crippen LogP contribution in [0, 0.1) is 11.8 Å². The average Bonchev–Trinajstić information content (AvgIpc) is 2.36. The Labute approximate surface area is 127 Å². The molecule has 0 saturated carbocycles. The maximum Gasteiger partial charge on any atom is 0.223 e. The Kier molecular flexibility index (Phi) is 5.23. The molecule has 1 saturated heterocycles. The van der Waals surface area contributed by atoms with Gasteiger partial charge in [-0.2, -0.15) is 0 Å². The normalized spacial score (nSPS) is 18.0. The van der Waals surface area contributed by atoms with Gasteiger partial charge in [0, 0.05) is 5.92 Å². The molecule has 4 heteroatoms. The van der Waals surface area contributed by atoms with Gasteiger partial charge in [0.05, 0.1) is 12.1 Å². The highest BCUT2D eigenvalue weighted by molar-refractivity contribution is 5.79. The highest BCUT2D eigenvalue weighted by atomic mass is 16.5. The van der Waals surface area contributed by atoms with Crippen molar-refractivity contribution in [2.45, 2.75) is 39.8 Å². The first-order valence-corrected chi connectivity index (χ1v) is 7.75. The van der Waals surface area contributed by atoms with Gasteiger partial charge >= 0.3 is 0 Å². The quantitative estimate of drug-likeness (QED) is 0.846. The zero-order valence-corrected chi connectivity index (χ0v) is 13.3. The van der Waals surface area contributed by atoms with Gasteiger partial charge in [0.15, 0.2) is 0 Å². The number of carbonyl (C=O) groups excluding carboxylic acids is 1. The molecule has 1 aliphatic heterocycles. The van der Waals surface area contributed by atoms with Crippen molar-refractivity contribution in [2.75, 3.05) is 13.1 Å². The molecule has 2 unspecified atom stereocenters. The summed E-state index contributed by atoms with van der Waals surface area (Å²) < 4.78 is 5.70. The monoisotopic (exact) mass is 290 g/mol. The van der Waals surface area contributed by atoms with Gasteiger partial charge in [-0.25, -0.2) is 0 Å². The van der Waals surface area contributed by atoms with Crippen LogP contribution in [0.25, 0.3) is 0 Å². The zero-order valence-electron chi connectivity index (χ0n) is 13.3. The maximum atomic E-state index is 12.3. The Morgan fingerprint density at radius 1 is 1.29 bits per heavy atom. The second-order valence-electron chi connectivity index (χ2n) is 6.18. The van der Waals surface area contributed by atoms with E-state index in [-0.39, 0.29) is 24.0 Å². The van der Waals surface area contributed by atoms with Crippen LogP contribution in [0.5, 0.6) is 5.75 Å². The number of amides is 1. The number of hydrogen-bond acceptors (Lipinski definition) is 3. The standard InChI is InChI=1S/C17H26N2O2/c1-11(2)21-16-7-5-6-14(8-16)13(4)19-17(20)12(3)15-9-18-10-15/h5-8,11-13,15,18H,9-10H2,1-4H3,(H,19,20). The Hall–Kier alpha value is -1.55. The highest BCUT2D eigenvalue weighted by Crippen LogP contribution is 2.22. The molecule has 116 valence electrons. The van der Waals surface area contributed by atoms with E-state index in [4.69, 9.17) is 4.74 Å². The Balaban J connectivity index is 1.95. The largest absolute Gasteiger partial charge is 0.491 e. The smallest absolute Gasteiger partial charge is 0.223 e. The second kappa shape index (κ2) is 6.94. The topological polar surface area (TPSA) is 50.4 Å². The molecule has 1 aliphatic rings. The van der Waals surface area contributed by atoms with Crippen molar-refractivity contribution in [1.82, 2.24) is 10.6 Å². The first kappa shape index (κ1) is 15.8. The molecule has 1 amide bonds. The van der Waals surface area contributed by atoms with Crippen LogP contribution < -0.4 is 15.4 Å². The van der Waals surface area contributed by atoms with Gasteiger partial charge in [0.2, 0.25) is 5.91 Å². The van der Waals surface area contributed by atoms with E-state index in [9.17, 15) is 4.79 Å². The molecular formula is C17H26N2O2. The van der Waals surface area contributed by atoms with Gasteiger partial charge in [-0.1, -0.05) is 19.1 Å². The lowest BCUT2D eigenvalue weighted by Gasteiger charge is -2.32. The van der Waals surface area contributed by atoms with Gasteiger partial charge < -0.3 is 15.4 Å². The molecular weight excluding hydrogens is 264 g/mol. The van der Waals surface area contributed by atoms with Crippen molar-refractivity contribution in [3.05, 3.63) is 29.8 Å². The van der Waals surface area contributed by atoms with Crippen LogP contribution in [0.15, 0.2) is 24.3 Å². The fourth-order valence-corrected chi connectivity index (χ4v) is 2.44. The van der Waals surface area contributed by atoms with Crippen molar-refractivity contribution in [2.24, 2.45) is 11.8 Å². The summed E-state index contributed by atoms with van der Waals surface area (Å²) in [7, 11) is 0. The molecule has 1 heterocycles. The van der Waals surface area contributed by atoms with E-state index in [2.05, 4.69) is 10.6 Å². The predicted octanol–water partition coefficient (Wildman–Crippen LogP) is 2.51. The number of nitrogens with one attached hydrogen (secondary N) is 2. The minimum atomic E-state index is -0.0105. The predicted molar refractivity (Wildman–Crippen MR) is 84.3 cm³/mol. The Morgan fingerprint density at radius 3 is 2.57 bits per heavy atom. The summed E-state index contributed by atoms with van der Waals surface area (Å²) in [5.41, 5.74) is 1.07. The Morgan fingerprint density at radius 2 is 2.00 bits per heavy atom. The lowest BCUT2D eigenvalue weighted by molar-refractivity contribution is -0.127. The van der Waals surface area contributed by atoms with Crippen molar-refractivity contribution < 1.29 is 9.53 Å². The van der Waals surface area contributed by atoms with Gasteiger partial charge in [-0.15, -0.1) is 0 Å².